The fourth-order valence-electron chi connectivity index (χ4n) is 3.55. The summed E-state index contributed by atoms with van der Waals surface area (Å²) in [6.07, 6.45) is 10.6. The first-order valence-electron chi connectivity index (χ1n) is 9.98. The summed E-state index contributed by atoms with van der Waals surface area (Å²) in [5.41, 5.74) is 7.90. The van der Waals surface area contributed by atoms with Crippen LogP contribution in [0.3, 0.4) is 0 Å². The van der Waals surface area contributed by atoms with Crippen LogP contribution in [0.2, 0.25) is 0 Å². The molecule has 29 heavy (non-hydrogen) atoms. The lowest BCUT2D eigenvalue weighted by atomic mass is 10.00. The maximum atomic E-state index is 12.5. The van der Waals surface area contributed by atoms with Gasteiger partial charge in [-0.15, -0.1) is 11.3 Å². The molecule has 6 nitrogen and oxygen atoms in total. The van der Waals surface area contributed by atoms with Crippen LogP contribution in [-0.4, -0.2) is 21.6 Å². The first-order chi connectivity index (χ1) is 14.2. The highest BCUT2D eigenvalue weighted by Crippen LogP contribution is 2.28. The molecule has 1 aromatic carbocycles. The van der Waals surface area contributed by atoms with Crippen LogP contribution in [0.25, 0.3) is 0 Å². The lowest BCUT2D eigenvalue weighted by Gasteiger charge is -2.07. The number of carbonyl (C=O) groups is 2. The van der Waals surface area contributed by atoms with Crippen LogP contribution in [0, 0.1) is 0 Å². The van der Waals surface area contributed by atoms with Gasteiger partial charge in [0.2, 0.25) is 0 Å². The number of amides is 2. The predicted octanol–water partition coefficient (Wildman–Crippen LogP) is 3.73. The molecule has 0 spiro atoms. The number of benzene rings is 1. The fraction of sp³-hybridized carbons (Fsp3) is 0.318. The molecule has 0 fully saturated rings. The third-order valence-corrected chi connectivity index (χ3v) is 6.37. The molecule has 0 saturated heterocycles. The molecular weight excluding hydrogens is 384 g/mol. The number of hydrogen-bond donors (Lipinski definition) is 2. The maximum Gasteiger partial charge on any atom is 0.279 e. The van der Waals surface area contributed by atoms with Crippen LogP contribution in [0.4, 0.5) is 0 Å². The molecule has 0 bridgehead atoms. The molecule has 1 aliphatic carbocycles. The summed E-state index contributed by atoms with van der Waals surface area (Å²) in [5.74, 6) is -0.593. The van der Waals surface area contributed by atoms with E-state index in [0.717, 1.165) is 18.4 Å². The predicted molar refractivity (Wildman–Crippen MR) is 113 cm³/mol. The summed E-state index contributed by atoms with van der Waals surface area (Å²) in [4.78, 5) is 26.8. The van der Waals surface area contributed by atoms with Crippen molar-refractivity contribution in [1.29, 1.82) is 0 Å². The van der Waals surface area contributed by atoms with Crippen molar-refractivity contribution in [2.75, 3.05) is 0 Å². The zero-order chi connectivity index (χ0) is 20.1. The van der Waals surface area contributed by atoms with Gasteiger partial charge in [-0.25, -0.2) is 0 Å². The van der Waals surface area contributed by atoms with Crippen molar-refractivity contribution >= 4 is 23.2 Å². The van der Waals surface area contributed by atoms with E-state index < -0.39 is 0 Å². The molecule has 2 heterocycles. The maximum absolute atomic E-state index is 12.5. The smallest absolute Gasteiger partial charge is 0.268 e. The van der Waals surface area contributed by atoms with E-state index in [-0.39, 0.29) is 11.8 Å². The molecule has 0 atom stereocenters. The van der Waals surface area contributed by atoms with E-state index in [9.17, 15) is 9.59 Å². The van der Waals surface area contributed by atoms with Gasteiger partial charge in [0.25, 0.3) is 11.8 Å². The van der Waals surface area contributed by atoms with Gasteiger partial charge >= 0.3 is 0 Å². The third kappa shape index (κ3) is 4.92. The van der Waals surface area contributed by atoms with Crippen LogP contribution >= 0.6 is 11.3 Å². The summed E-state index contributed by atoms with van der Waals surface area (Å²) in [6.45, 7) is 0.647. The first-order valence-corrected chi connectivity index (χ1v) is 10.8. The Morgan fingerprint density at radius 2 is 1.76 bits per heavy atom. The van der Waals surface area contributed by atoms with E-state index in [1.807, 2.05) is 35.1 Å². The zero-order valence-corrected chi connectivity index (χ0v) is 17.0. The van der Waals surface area contributed by atoms with Crippen molar-refractivity contribution in [3.8, 4) is 0 Å². The van der Waals surface area contributed by atoms with Crippen LogP contribution in [0.1, 0.15) is 61.7 Å². The number of thiophene rings is 1. The third-order valence-electron chi connectivity index (χ3n) is 5.13. The Kier molecular flexibility index (Phi) is 6.05. The number of hydrogen-bond acceptors (Lipinski definition) is 4. The number of aryl methyl sites for hydroxylation is 2. The van der Waals surface area contributed by atoms with Crippen molar-refractivity contribution in [2.24, 2.45) is 0 Å². The highest BCUT2D eigenvalue weighted by molar-refractivity contribution is 7.14. The molecule has 0 saturated carbocycles. The van der Waals surface area contributed by atoms with Gasteiger partial charge < -0.3 is 0 Å². The molecule has 0 unspecified atom stereocenters. The van der Waals surface area contributed by atoms with Crippen LogP contribution in [-0.2, 0) is 19.4 Å². The highest BCUT2D eigenvalue weighted by atomic mass is 32.1. The lowest BCUT2D eigenvalue weighted by molar-refractivity contribution is 0.0849. The van der Waals surface area contributed by atoms with E-state index in [1.54, 1.807) is 29.7 Å². The minimum Gasteiger partial charge on any atom is -0.268 e. The Hall–Kier alpha value is -2.93. The van der Waals surface area contributed by atoms with Gasteiger partial charge in [0.05, 0.1) is 11.4 Å². The monoisotopic (exact) mass is 408 g/mol. The largest absolute Gasteiger partial charge is 0.279 e. The summed E-state index contributed by atoms with van der Waals surface area (Å²) in [7, 11) is 0. The number of rotatable bonds is 4. The van der Waals surface area contributed by atoms with Crippen molar-refractivity contribution < 1.29 is 9.59 Å². The van der Waals surface area contributed by atoms with Gasteiger partial charge in [0.1, 0.15) is 0 Å². The Morgan fingerprint density at radius 1 is 1.00 bits per heavy atom. The molecular formula is C22H24N4O2S. The first kappa shape index (κ1) is 19.4. The second-order valence-electron chi connectivity index (χ2n) is 7.28. The number of nitrogens with one attached hydrogen (secondary N) is 2. The van der Waals surface area contributed by atoms with Gasteiger partial charge in [-0.3, -0.25) is 25.1 Å². The molecule has 2 aromatic heterocycles. The summed E-state index contributed by atoms with van der Waals surface area (Å²) in [5, 5.41) is 4.17. The number of carbonyl (C=O) groups excluding carboxylic acids is 2. The molecule has 1 aliphatic rings. The number of fused-ring (bicyclic) bond motifs is 1. The van der Waals surface area contributed by atoms with Gasteiger partial charge in [-0.1, -0.05) is 25.0 Å². The lowest BCUT2D eigenvalue weighted by Crippen LogP contribution is -2.41. The van der Waals surface area contributed by atoms with E-state index >= 15 is 0 Å². The second kappa shape index (κ2) is 9.05. The average molecular weight is 409 g/mol. The fourth-order valence-corrected chi connectivity index (χ4v) is 4.69. The molecule has 4 rings (SSSR count). The van der Waals surface area contributed by atoms with E-state index in [1.165, 1.54) is 36.1 Å². The highest BCUT2D eigenvalue weighted by Gasteiger charge is 2.16. The molecule has 150 valence electrons. The van der Waals surface area contributed by atoms with Crippen LogP contribution in [0.5, 0.6) is 0 Å². The topological polar surface area (TPSA) is 76.0 Å². The summed E-state index contributed by atoms with van der Waals surface area (Å²) >= 11 is 1.55. The molecule has 0 aliphatic heterocycles. The summed E-state index contributed by atoms with van der Waals surface area (Å²) in [6, 6.07) is 11.1. The van der Waals surface area contributed by atoms with Crippen LogP contribution < -0.4 is 10.9 Å². The molecule has 2 N–H and O–H groups in total. The van der Waals surface area contributed by atoms with Gasteiger partial charge in [-0.05, 0) is 61.1 Å². The minimum absolute atomic E-state index is 0.259. The van der Waals surface area contributed by atoms with Gasteiger partial charge in [-0.2, -0.15) is 5.10 Å². The van der Waals surface area contributed by atoms with E-state index in [4.69, 9.17) is 0 Å². The van der Waals surface area contributed by atoms with E-state index in [2.05, 4.69) is 16.0 Å². The average Bonchev–Trinajstić information content (AvgIpc) is 3.36. The number of nitrogens with zero attached hydrogens (tertiary/aromatic N) is 2. The second-order valence-corrected chi connectivity index (χ2v) is 8.42. The van der Waals surface area contributed by atoms with Gasteiger partial charge in [0, 0.05) is 22.8 Å². The van der Waals surface area contributed by atoms with Crippen molar-refractivity contribution in [3.63, 3.8) is 0 Å². The number of hydrazine groups is 1. The quantitative estimate of drug-likeness (QED) is 0.646. The Labute approximate surface area is 173 Å². The van der Waals surface area contributed by atoms with Crippen molar-refractivity contribution in [2.45, 2.75) is 45.1 Å². The standard InChI is InChI=1S/C22H24N4O2S/c27-21(17-10-8-16(9-11-17)15-26-13-5-12-23-26)24-25-22(28)20-14-18-6-3-1-2-4-7-19(18)29-20/h5,8-14H,1-4,6-7,15H2,(H,24,27)(H,25,28). The normalized spacial score (nSPS) is 13.8. The van der Waals surface area contributed by atoms with Gasteiger partial charge in [0.15, 0.2) is 0 Å². The van der Waals surface area contributed by atoms with Crippen molar-refractivity contribution in [3.05, 3.63) is 75.2 Å². The molecule has 2 amide bonds. The minimum atomic E-state index is -0.334. The summed E-state index contributed by atoms with van der Waals surface area (Å²) < 4.78 is 1.82. The Bertz CT molecular complexity index is 951. The van der Waals surface area contributed by atoms with Crippen LogP contribution in [0.15, 0.2) is 48.8 Å². The number of aromatic nitrogens is 2. The Balaban J connectivity index is 1.33. The molecule has 0 radical (unpaired) electrons. The Morgan fingerprint density at radius 3 is 2.52 bits per heavy atom. The van der Waals surface area contributed by atoms with Crippen molar-refractivity contribution in [1.82, 2.24) is 20.6 Å². The zero-order valence-electron chi connectivity index (χ0n) is 16.2. The molecule has 7 heteroatoms. The molecule has 3 aromatic rings. The van der Waals surface area contributed by atoms with E-state index in [0.29, 0.717) is 17.0 Å². The SMILES string of the molecule is O=C(NNC(=O)c1cc2c(s1)CCCCCC2)c1ccc(Cn2cccn2)cc1.